The highest BCUT2D eigenvalue weighted by Crippen LogP contribution is 2.23. The first kappa shape index (κ1) is 19.8. The molecule has 0 saturated carbocycles. The molecule has 11 heteroatoms. The van der Waals surface area contributed by atoms with Crippen molar-refractivity contribution in [3.63, 3.8) is 0 Å². The lowest BCUT2D eigenvalue weighted by molar-refractivity contribution is -0.140. The lowest BCUT2D eigenvalue weighted by Gasteiger charge is -2.25. The molecule has 1 amide bonds. The van der Waals surface area contributed by atoms with Gasteiger partial charge in [0.1, 0.15) is 10.9 Å². The maximum atomic E-state index is 13.0. The van der Waals surface area contributed by atoms with Crippen LogP contribution in [0.3, 0.4) is 0 Å². The first-order valence-electron chi connectivity index (χ1n) is 7.84. The third-order valence-electron chi connectivity index (χ3n) is 3.94. The highest BCUT2D eigenvalue weighted by molar-refractivity contribution is 7.89. The van der Waals surface area contributed by atoms with Crippen molar-refractivity contribution in [2.75, 3.05) is 13.1 Å². The quantitative estimate of drug-likeness (QED) is 0.680. The first-order valence-corrected chi connectivity index (χ1v) is 9.28. The maximum absolute atomic E-state index is 13.0. The summed E-state index contributed by atoms with van der Waals surface area (Å²) in [6, 6.07) is 0.124. The number of carboxylic acid groups (broad SMARTS) is 1. The van der Waals surface area contributed by atoms with Crippen molar-refractivity contribution in [2.24, 2.45) is 7.05 Å². The smallest absolute Gasteiger partial charge is 0.321 e. The van der Waals surface area contributed by atoms with Crippen LogP contribution in [-0.4, -0.2) is 63.6 Å². The molecule has 142 valence electrons. The third kappa shape index (κ3) is 3.83. The summed E-state index contributed by atoms with van der Waals surface area (Å²) in [5, 5.41) is 16.5. The predicted molar refractivity (Wildman–Crippen MR) is 92.9 cm³/mol. The van der Waals surface area contributed by atoms with E-state index in [4.69, 9.17) is 0 Å². The lowest BCUT2D eigenvalue weighted by Crippen LogP contribution is -2.46. The van der Waals surface area contributed by atoms with Crippen LogP contribution in [0.4, 0.5) is 0 Å². The molecule has 10 nitrogen and oxygen atoms in total. The monoisotopic (exact) mass is 383 g/mol. The number of nitrogens with zero attached hydrogens (tertiary/aromatic N) is 4. The zero-order valence-corrected chi connectivity index (χ0v) is 15.7. The summed E-state index contributed by atoms with van der Waals surface area (Å²) in [5.74, 6) is -1.62. The Morgan fingerprint density at radius 2 is 2.08 bits per heavy atom. The number of rotatable bonds is 7. The summed E-state index contributed by atoms with van der Waals surface area (Å²) in [6.45, 7) is 4.11. The zero-order valence-electron chi connectivity index (χ0n) is 14.9. The van der Waals surface area contributed by atoms with Gasteiger partial charge in [-0.25, -0.2) is 13.4 Å². The van der Waals surface area contributed by atoms with E-state index in [9.17, 15) is 23.1 Å². The van der Waals surface area contributed by atoms with E-state index in [1.54, 1.807) is 14.0 Å². The van der Waals surface area contributed by atoms with Crippen molar-refractivity contribution in [3.05, 3.63) is 18.0 Å². The van der Waals surface area contributed by atoms with Crippen molar-refractivity contribution in [1.82, 2.24) is 24.4 Å². The molecule has 2 rings (SSSR count). The predicted octanol–water partition coefficient (Wildman–Crippen LogP) is -0.123. The van der Waals surface area contributed by atoms with E-state index in [2.05, 4.69) is 15.4 Å². The molecule has 2 aromatic rings. The molecule has 0 radical (unpaired) electrons. The first-order chi connectivity index (χ1) is 12.1. The van der Waals surface area contributed by atoms with Gasteiger partial charge in [0, 0.05) is 38.6 Å². The van der Waals surface area contributed by atoms with E-state index in [1.165, 1.54) is 30.8 Å². The number of aromatic nitrogens is 3. The van der Waals surface area contributed by atoms with Gasteiger partial charge in [0.2, 0.25) is 15.9 Å². The number of aryl methyl sites for hydroxylation is 2. The Morgan fingerprint density at radius 1 is 1.42 bits per heavy atom. The molecule has 0 aliphatic heterocycles. The van der Waals surface area contributed by atoms with Crippen LogP contribution >= 0.6 is 0 Å². The van der Waals surface area contributed by atoms with Gasteiger partial charge in [0.25, 0.3) is 0 Å². The van der Waals surface area contributed by atoms with Crippen molar-refractivity contribution in [3.8, 4) is 0 Å². The molecular weight excluding hydrogens is 362 g/mol. The van der Waals surface area contributed by atoms with Crippen molar-refractivity contribution >= 4 is 32.9 Å². The van der Waals surface area contributed by atoms with Gasteiger partial charge in [-0.15, -0.1) is 0 Å². The molecule has 26 heavy (non-hydrogen) atoms. The normalized spacial score (nSPS) is 13.1. The average molecular weight is 383 g/mol. The van der Waals surface area contributed by atoms with Gasteiger partial charge >= 0.3 is 5.97 Å². The fourth-order valence-corrected chi connectivity index (χ4v) is 4.11. The van der Waals surface area contributed by atoms with Crippen LogP contribution in [0.15, 0.2) is 17.2 Å². The van der Waals surface area contributed by atoms with Crippen LogP contribution < -0.4 is 5.32 Å². The highest BCUT2D eigenvalue weighted by Gasteiger charge is 2.33. The molecule has 0 bridgehead atoms. The summed E-state index contributed by atoms with van der Waals surface area (Å²) in [6.07, 6.45) is 1.18. The van der Waals surface area contributed by atoms with Crippen molar-refractivity contribution < 1.29 is 23.1 Å². The fraction of sp³-hybridized carbons (Fsp3) is 0.467. The Morgan fingerprint density at radius 3 is 2.65 bits per heavy atom. The van der Waals surface area contributed by atoms with Gasteiger partial charge < -0.3 is 10.4 Å². The van der Waals surface area contributed by atoms with Gasteiger partial charge in [-0.3, -0.25) is 14.3 Å². The molecule has 0 aliphatic rings. The van der Waals surface area contributed by atoms with Gasteiger partial charge in [0.15, 0.2) is 5.65 Å². The number of carboxylic acids is 1. The molecule has 2 heterocycles. The van der Waals surface area contributed by atoms with E-state index in [1.807, 2.05) is 0 Å². The molecular formula is C15H21N5O5S. The minimum Gasteiger partial charge on any atom is -0.480 e. The molecule has 0 aliphatic carbocycles. The van der Waals surface area contributed by atoms with E-state index >= 15 is 0 Å². The number of fused-ring (bicyclic) bond motifs is 1. The number of sulfonamides is 1. The summed E-state index contributed by atoms with van der Waals surface area (Å²) in [7, 11) is -2.44. The maximum Gasteiger partial charge on any atom is 0.321 e. The molecule has 0 spiro atoms. The molecule has 0 saturated heterocycles. The van der Waals surface area contributed by atoms with E-state index in [0.29, 0.717) is 16.7 Å². The summed E-state index contributed by atoms with van der Waals surface area (Å²) >= 11 is 0. The zero-order chi connectivity index (χ0) is 19.6. The summed E-state index contributed by atoms with van der Waals surface area (Å²) in [4.78, 5) is 26.4. The molecule has 2 N–H and O–H groups in total. The minimum absolute atomic E-state index is 0.00617. The third-order valence-corrected chi connectivity index (χ3v) is 5.88. The topological polar surface area (TPSA) is 134 Å². The largest absolute Gasteiger partial charge is 0.480 e. The van der Waals surface area contributed by atoms with E-state index < -0.39 is 22.0 Å². The van der Waals surface area contributed by atoms with Crippen LogP contribution in [0.5, 0.6) is 0 Å². The van der Waals surface area contributed by atoms with Gasteiger partial charge in [-0.2, -0.15) is 9.40 Å². The van der Waals surface area contributed by atoms with E-state index in [-0.39, 0.29) is 23.9 Å². The Labute approximate surface area is 150 Å². The number of carbonyl (C=O) groups is 2. The van der Waals surface area contributed by atoms with Gasteiger partial charge in [0.05, 0.1) is 5.69 Å². The minimum atomic E-state index is -4.14. The van der Waals surface area contributed by atoms with Gasteiger partial charge in [-0.05, 0) is 19.9 Å². The Kier molecular flexibility index (Phi) is 5.62. The Hall–Kier alpha value is -2.53. The molecule has 1 unspecified atom stereocenters. The van der Waals surface area contributed by atoms with Crippen LogP contribution in [-0.2, 0) is 26.7 Å². The standard InChI is InChI=1S/C15H21N5O5S/c1-9-13-7-12(8-17-14(13)19(4)18-9)26(24,25)20(10(2)15(22)23)6-5-16-11(3)21/h7-8,10H,5-6H2,1-4H3,(H,16,21)(H,22,23). The highest BCUT2D eigenvalue weighted by atomic mass is 32.2. The summed E-state index contributed by atoms with van der Waals surface area (Å²) < 4.78 is 28.4. The fourth-order valence-electron chi connectivity index (χ4n) is 2.55. The number of amides is 1. The van der Waals surface area contributed by atoms with E-state index in [0.717, 1.165) is 4.31 Å². The number of nitrogens with one attached hydrogen (secondary N) is 1. The van der Waals surface area contributed by atoms with Crippen molar-refractivity contribution in [2.45, 2.75) is 31.7 Å². The second-order valence-corrected chi connectivity index (χ2v) is 7.75. The Bertz CT molecular complexity index is 953. The van der Waals surface area contributed by atoms with Crippen LogP contribution in [0.1, 0.15) is 19.5 Å². The van der Waals surface area contributed by atoms with Crippen LogP contribution in [0.25, 0.3) is 11.0 Å². The molecule has 0 aromatic carbocycles. The molecule has 2 aromatic heterocycles. The number of hydrogen-bond acceptors (Lipinski definition) is 6. The van der Waals surface area contributed by atoms with Crippen LogP contribution in [0.2, 0.25) is 0 Å². The summed E-state index contributed by atoms with van der Waals surface area (Å²) in [5.41, 5.74) is 1.14. The molecule has 1 atom stereocenters. The number of pyridine rings is 1. The second kappa shape index (κ2) is 7.38. The SMILES string of the molecule is CC(=O)NCCN(C(C)C(=O)O)S(=O)(=O)c1cnc2c(c1)c(C)nn2C. The Balaban J connectivity index is 2.46. The number of carbonyl (C=O) groups excluding carboxylic acids is 1. The van der Waals surface area contributed by atoms with Crippen molar-refractivity contribution in [1.29, 1.82) is 0 Å². The second-order valence-electron chi connectivity index (χ2n) is 5.86. The molecule has 0 fully saturated rings. The van der Waals surface area contributed by atoms with Gasteiger partial charge in [-0.1, -0.05) is 0 Å². The lowest BCUT2D eigenvalue weighted by atomic mass is 10.3. The average Bonchev–Trinajstić information content (AvgIpc) is 2.84. The number of aliphatic carboxylic acids is 1. The van der Waals surface area contributed by atoms with Crippen LogP contribution in [0, 0.1) is 6.92 Å². The number of hydrogen-bond donors (Lipinski definition) is 2.